The topological polar surface area (TPSA) is 50.0 Å². The lowest BCUT2D eigenvalue weighted by Gasteiger charge is -2.19. The number of nitrogens with one attached hydrogen (secondary N) is 2. The van der Waals surface area contributed by atoms with Crippen LogP contribution >= 0.6 is 0 Å². The number of H-pyrrole nitrogens is 1. The van der Waals surface area contributed by atoms with Gasteiger partial charge in [0, 0.05) is 54.8 Å². The van der Waals surface area contributed by atoms with Gasteiger partial charge in [-0.05, 0) is 96.1 Å². The number of aliphatic imine (C=N–C) groups is 1. The number of nitrogens with zero attached hydrogens (tertiary/aromatic N) is 3. The standard InChI is InChI=1S/C50H33N5/c1-3-13-33(14-4-1)54-46-21-11-7-17-35(46)38-25-31(23-24-48(38)54)32-26-40-37-29-49-39(36-18-8-12-22-47(36)55(49)34-15-5-2-6-16-34)28-44(37)53-50(40)41(27-32)45-30-51-42-19-9-10-20-43(42)52-45/h1-29,51,53H,30H2. The van der Waals surface area contributed by atoms with E-state index in [2.05, 4.69) is 195 Å². The second-order valence-electron chi connectivity index (χ2n) is 14.5. The molecule has 11 aromatic rings. The molecule has 55 heavy (non-hydrogen) atoms. The van der Waals surface area contributed by atoms with E-state index in [0.29, 0.717) is 6.54 Å². The smallest absolute Gasteiger partial charge is 0.0865 e. The van der Waals surface area contributed by atoms with Crippen LogP contribution in [0.3, 0.4) is 0 Å². The molecule has 0 spiro atoms. The normalized spacial score (nSPS) is 12.9. The lowest BCUT2D eigenvalue weighted by molar-refractivity contribution is 1.18. The van der Waals surface area contributed by atoms with E-state index in [-0.39, 0.29) is 0 Å². The highest BCUT2D eigenvalue weighted by Crippen LogP contribution is 2.41. The number of para-hydroxylation sites is 6. The zero-order chi connectivity index (χ0) is 36.0. The summed E-state index contributed by atoms with van der Waals surface area (Å²) < 4.78 is 4.77. The number of hydrogen-bond donors (Lipinski definition) is 2. The van der Waals surface area contributed by atoms with Crippen molar-refractivity contribution >= 4 is 82.5 Å². The van der Waals surface area contributed by atoms with Gasteiger partial charge in [-0.25, -0.2) is 4.99 Å². The Bertz CT molecular complexity index is 3360. The van der Waals surface area contributed by atoms with Gasteiger partial charge in [0.15, 0.2) is 0 Å². The van der Waals surface area contributed by atoms with Crippen molar-refractivity contribution in [1.29, 1.82) is 0 Å². The van der Waals surface area contributed by atoms with E-state index in [0.717, 1.165) is 50.6 Å². The Morgan fingerprint density at radius 1 is 0.436 bits per heavy atom. The molecule has 1 aliphatic rings. The van der Waals surface area contributed by atoms with Gasteiger partial charge in [0.2, 0.25) is 0 Å². The molecule has 0 fully saturated rings. The van der Waals surface area contributed by atoms with Gasteiger partial charge in [-0.15, -0.1) is 0 Å². The van der Waals surface area contributed by atoms with Gasteiger partial charge in [0.1, 0.15) is 0 Å². The van der Waals surface area contributed by atoms with Crippen LogP contribution in [-0.2, 0) is 0 Å². The van der Waals surface area contributed by atoms with Crippen LogP contribution in [0, 0.1) is 0 Å². The van der Waals surface area contributed by atoms with Crippen LogP contribution in [0.15, 0.2) is 181 Å². The molecule has 12 rings (SSSR count). The minimum Gasteiger partial charge on any atom is -0.378 e. The van der Waals surface area contributed by atoms with Gasteiger partial charge in [0.05, 0.1) is 51.2 Å². The first-order valence-corrected chi connectivity index (χ1v) is 18.8. The molecule has 0 radical (unpaired) electrons. The van der Waals surface area contributed by atoms with Crippen LogP contribution in [-0.4, -0.2) is 26.4 Å². The van der Waals surface area contributed by atoms with Crippen molar-refractivity contribution < 1.29 is 0 Å². The number of fused-ring (bicyclic) bond motifs is 10. The number of aromatic amines is 1. The van der Waals surface area contributed by atoms with Crippen LogP contribution in [0.5, 0.6) is 0 Å². The van der Waals surface area contributed by atoms with Gasteiger partial charge in [0.25, 0.3) is 0 Å². The highest BCUT2D eigenvalue weighted by molar-refractivity contribution is 6.23. The van der Waals surface area contributed by atoms with Crippen molar-refractivity contribution in [3.63, 3.8) is 0 Å². The summed E-state index contributed by atoms with van der Waals surface area (Å²) in [5, 5.41) is 11.0. The highest BCUT2D eigenvalue weighted by atomic mass is 15.0. The quantitative estimate of drug-likeness (QED) is 0.188. The van der Waals surface area contributed by atoms with Gasteiger partial charge in [-0.1, -0.05) is 91.0 Å². The summed E-state index contributed by atoms with van der Waals surface area (Å²) in [5.74, 6) is 0. The van der Waals surface area contributed by atoms with Crippen molar-refractivity contribution in [2.24, 2.45) is 4.99 Å². The lowest BCUT2D eigenvalue weighted by atomic mass is 9.95. The van der Waals surface area contributed by atoms with E-state index >= 15 is 0 Å². The van der Waals surface area contributed by atoms with Gasteiger partial charge in [-0.2, -0.15) is 0 Å². The van der Waals surface area contributed by atoms with Crippen LogP contribution in [0.4, 0.5) is 11.4 Å². The van der Waals surface area contributed by atoms with E-state index in [1.165, 1.54) is 59.9 Å². The Balaban J connectivity index is 1.15. The van der Waals surface area contributed by atoms with Crippen LogP contribution in [0.25, 0.3) is 87.9 Å². The molecule has 5 nitrogen and oxygen atoms in total. The van der Waals surface area contributed by atoms with Crippen molar-refractivity contribution in [2.45, 2.75) is 0 Å². The van der Waals surface area contributed by atoms with E-state index in [4.69, 9.17) is 4.99 Å². The first-order chi connectivity index (χ1) is 27.3. The number of benzene rings is 8. The van der Waals surface area contributed by atoms with E-state index in [1.54, 1.807) is 0 Å². The summed E-state index contributed by atoms with van der Waals surface area (Å²) in [4.78, 5) is 9.17. The summed E-state index contributed by atoms with van der Waals surface area (Å²) in [6.07, 6.45) is 0. The summed E-state index contributed by atoms with van der Waals surface area (Å²) in [6.45, 7) is 0.639. The van der Waals surface area contributed by atoms with Gasteiger partial charge < -0.3 is 19.4 Å². The molecular formula is C50H33N5. The predicted octanol–water partition coefficient (Wildman–Crippen LogP) is 12.7. The second-order valence-corrected chi connectivity index (χ2v) is 14.5. The SMILES string of the molecule is c1ccc(-n2c3ccccc3c3cc(-c4cc(C5=Nc6ccccc6NC5)c5[nH]c6cc7c8ccccc8n(-c8ccccc8)c7cc6c5c4)ccc32)cc1. The molecule has 4 heterocycles. The third-order valence-electron chi connectivity index (χ3n) is 11.5. The van der Waals surface area contributed by atoms with Crippen molar-refractivity contribution in [3.8, 4) is 22.5 Å². The van der Waals surface area contributed by atoms with E-state index in [1.807, 2.05) is 0 Å². The summed E-state index contributed by atoms with van der Waals surface area (Å²) in [5.41, 5.74) is 15.8. The van der Waals surface area contributed by atoms with Crippen molar-refractivity contribution in [3.05, 3.63) is 181 Å². The number of hydrogen-bond acceptors (Lipinski definition) is 2. The maximum absolute atomic E-state index is 5.26. The molecular weight excluding hydrogens is 671 g/mol. The molecule has 8 aromatic carbocycles. The van der Waals surface area contributed by atoms with Crippen LogP contribution < -0.4 is 5.32 Å². The Morgan fingerprint density at radius 3 is 1.78 bits per heavy atom. The average Bonchev–Trinajstić information content (AvgIpc) is 3.90. The number of anilines is 1. The summed E-state index contributed by atoms with van der Waals surface area (Å²) >= 11 is 0. The maximum Gasteiger partial charge on any atom is 0.0865 e. The number of rotatable bonds is 4. The highest BCUT2D eigenvalue weighted by Gasteiger charge is 2.22. The zero-order valence-corrected chi connectivity index (χ0v) is 29.8. The molecule has 0 atom stereocenters. The second kappa shape index (κ2) is 11.6. The first kappa shape index (κ1) is 30.1. The molecule has 0 bridgehead atoms. The Hall–Kier alpha value is -7.37. The molecule has 0 aliphatic carbocycles. The fraction of sp³-hybridized carbons (Fsp3) is 0.0200. The fourth-order valence-corrected chi connectivity index (χ4v) is 8.96. The fourth-order valence-electron chi connectivity index (χ4n) is 8.96. The van der Waals surface area contributed by atoms with Crippen LogP contribution in [0.2, 0.25) is 0 Å². The van der Waals surface area contributed by atoms with Gasteiger partial charge in [-0.3, -0.25) is 0 Å². The molecule has 0 amide bonds. The third-order valence-corrected chi connectivity index (χ3v) is 11.5. The van der Waals surface area contributed by atoms with Gasteiger partial charge >= 0.3 is 0 Å². The molecule has 0 saturated heterocycles. The van der Waals surface area contributed by atoms with Crippen LogP contribution in [0.1, 0.15) is 5.56 Å². The molecule has 2 N–H and O–H groups in total. The van der Waals surface area contributed by atoms with E-state index in [9.17, 15) is 0 Å². The van der Waals surface area contributed by atoms with E-state index < -0.39 is 0 Å². The first-order valence-electron chi connectivity index (χ1n) is 18.8. The Labute approximate surface area is 316 Å². The molecule has 3 aromatic heterocycles. The molecule has 0 unspecified atom stereocenters. The molecule has 258 valence electrons. The zero-order valence-electron chi connectivity index (χ0n) is 29.8. The monoisotopic (exact) mass is 703 g/mol. The van der Waals surface area contributed by atoms with Crippen molar-refractivity contribution in [1.82, 2.24) is 14.1 Å². The average molecular weight is 704 g/mol. The van der Waals surface area contributed by atoms with Crippen molar-refractivity contribution in [2.75, 3.05) is 11.9 Å². The Kier molecular flexibility index (Phi) is 6.33. The maximum atomic E-state index is 5.26. The lowest BCUT2D eigenvalue weighted by Crippen LogP contribution is -2.19. The summed E-state index contributed by atoms with van der Waals surface area (Å²) in [7, 11) is 0. The minimum absolute atomic E-state index is 0.639. The Morgan fingerprint density at radius 2 is 1.04 bits per heavy atom. The summed E-state index contributed by atoms with van der Waals surface area (Å²) in [6, 6.07) is 63.5. The molecule has 5 heteroatoms. The predicted molar refractivity (Wildman–Crippen MR) is 231 cm³/mol. The minimum atomic E-state index is 0.639. The number of aromatic nitrogens is 3. The molecule has 0 saturated carbocycles. The largest absolute Gasteiger partial charge is 0.378 e. The molecule has 1 aliphatic heterocycles. The third kappa shape index (κ3) is 4.50.